The molecule has 4 rings (SSSR count). The lowest BCUT2D eigenvalue weighted by molar-refractivity contribution is -0.156. The molecule has 240 valence electrons. The fourth-order valence-corrected chi connectivity index (χ4v) is 5.42. The van der Waals surface area contributed by atoms with E-state index in [0.29, 0.717) is 12.8 Å². The van der Waals surface area contributed by atoms with Gasteiger partial charge in [0.1, 0.15) is 30.2 Å². The van der Waals surface area contributed by atoms with Gasteiger partial charge >= 0.3 is 29.8 Å². The molecule has 15 heteroatoms. The average molecular weight is 615 g/mol. The molecule has 0 bridgehead atoms. The molecular formula is C28H38O15. The van der Waals surface area contributed by atoms with E-state index in [9.17, 15) is 28.8 Å². The summed E-state index contributed by atoms with van der Waals surface area (Å²) in [4.78, 5) is 70.5. The molecule has 0 aromatic heterocycles. The molecule has 4 aliphatic rings. The highest BCUT2D eigenvalue weighted by Crippen LogP contribution is 2.32. The van der Waals surface area contributed by atoms with Crippen molar-refractivity contribution in [1.82, 2.24) is 0 Å². The Bertz CT molecular complexity index is 963. The molecule has 0 radical (unpaired) electrons. The van der Waals surface area contributed by atoms with E-state index in [1.54, 1.807) is 0 Å². The Labute approximate surface area is 247 Å². The number of hydrogen-bond donors (Lipinski definition) is 1. The van der Waals surface area contributed by atoms with E-state index in [1.165, 1.54) is 6.92 Å². The molecule has 0 aliphatic carbocycles. The minimum absolute atomic E-state index is 0.00170. The van der Waals surface area contributed by atoms with Crippen molar-refractivity contribution in [1.29, 1.82) is 0 Å². The zero-order valence-electron chi connectivity index (χ0n) is 24.0. The van der Waals surface area contributed by atoms with E-state index in [0.717, 1.165) is 0 Å². The Morgan fingerprint density at radius 1 is 0.512 bits per heavy atom. The lowest BCUT2D eigenvalue weighted by Crippen LogP contribution is -2.36. The highest BCUT2D eigenvalue weighted by molar-refractivity contribution is 5.76. The number of aliphatic carboxylic acids is 1. The summed E-state index contributed by atoms with van der Waals surface area (Å²) >= 11 is 0. The van der Waals surface area contributed by atoms with Crippen molar-refractivity contribution >= 4 is 35.6 Å². The first-order chi connectivity index (χ1) is 20.6. The quantitative estimate of drug-likeness (QED) is 0.185. The number of carboxylic acid groups (broad SMARTS) is 1. The van der Waals surface area contributed by atoms with Gasteiger partial charge in [-0.15, -0.1) is 0 Å². The van der Waals surface area contributed by atoms with Gasteiger partial charge in [-0.1, -0.05) is 0 Å². The standard InChI is InChI=1S/C28H38O15/c1-15(29)5-2-7-21(32)40-16-11-36-27-18(13-38-25(16)27)42-23(34)9-4-10-24(35)43-19-14-39-26-17(12-37-28(19)26)41-22(33)8-3-6-20(30)31/h16-19,25-28H,2-14H2,1H3,(H,30,31)/t16-,17+,18+,19-,25+,26+,27+,28+/m0/s1. The minimum atomic E-state index is -0.993. The smallest absolute Gasteiger partial charge is 0.306 e. The number of carbonyl (C=O) groups excluding carboxylic acids is 5. The van der Waals surface area contributed by atoms with Gasteiger partial charge in [0.2, 0.25) is 0 Å². The molecule has 8 atom stereocenters. The second-order valence-electron chi connectivity index (χ2n) is 11.0. The van der Waals surface area contributed by atoms with Gasteiger partial charge in [-0.25, -0.2) is 0 Å². The van der Waals surface area contributed by atoms with E-state index >= 15 is 0 Å². The molecule has 4 aliphatic heterocycles. The van der Waals surface area contributed by atoms with Crippen molar-refractivity contribution in [2.45, 2.75) is 114 Å². The van der Waals surface area contributed by atoms with E-state index in [2.05, 4.69) is 0 Å². The van der Waals surface area contributed by atoms with Gasteiger partial charge in [-0.05, 0) is 26.2 Å². The first-order valence-electron chi connectivity index (χ1n) is 14.6. The summed E-state index contributed by atoms with van der Waals surface area (Å²) in [6.45, 7) is 1.79. The fraction of sp³-hybridized carbons (Fsp3) is 0.786. The fourth-order valence-electron chi connectivity index (χ4n) is 5.42. The number of carboxylic acids is 1. The molecule has 0 unspecified atom stereocenters. The zero-order valence-corrected chi connectivity index (χ0v) is 24.0. The number of ketones is 1. The predicted octanol–water partition coefficient (Wildman–Crippen LogP) is 0.413. The maximum absolute atomic E-state index is 12.4. The number of ether oxygens (including phenoxy) is 8. The Morgan fingerprint density at radius 3 is 1.07 bits per heavy atom. The van der Waals surface area contributed by atoms with Crippen molar-refractivity contribution in [2.75, 3.05) is 26.4 Å². The molecule has 1 N–H and O–H groups in total. The first-order valence-corrected chi connectivity index (χ1v) is 14.6. The van der Waals surface area contributed by atoms with Crippen molar-refractivity contribution < 1.29 is 71.8 Å². The Kier molecular flexibility index (Phi) is 11.8. The maximum atomic E-state index is 12.4. The summed E-state index contributed by atoms with van der Waals surface area (Å²) in [5, 5.41) is 8.68. The van der Waals surface area contributed by atoms with Gasteiger partial charge in [0, 0.05) is 38.5 Å². The summed E-state index contributed by atoms with van der Waals surface area (Å²) in [5.74, 6) is -3.07. The SMILES string of the molecule is CC(=O)CCCC(=O)O[C@H]1CO[C@H]2[C@@H]1OC[C@H]2OC(=O)CCCC(=O)O[C@H]1CO[C@H]2[C@@H]1OC[C@H]2OC(=O)CCCC(=O)O. The number of rotatable bonds is 16. The van der Waals surface area contributed by atoms with E-state index < -0.39 is 78.7 Å². The molecule has 15 nitrogen and oxygen atoms in total. The molecule has 43 heavy (non-hydrogen) atoms. The van der Waals surface area contributed by atoms with Gasteiger partial charge in [0.25, 0.3) is 0 Å². The van der Waals surface area contributed by atoms with Crippen LogP contribution in [-0.2, 0) is 66.7 Å². The topological polar surface area (TPSA) is 196 Å². The molecule has 0 aromatic carbocycles. The van der Waals surface area contributed by atoms with Crippen molar-refractivity contribution in [2.24, 2.45) is 0 Å². The summed E-state index contributed by atoms with van der Waals surface area (Å²) in [6.07, 6.45) is -4.07. The first kappa shape index (κ1) is 32.8. The summed E-state index contributed by atoms with van der Waals surface area (Å²) in [5.41, 5.74) is 0. The highest BCUT2D eigenvalue weighted by Gasteiger charge is 2.52. The Hall–Kier alpha value is -3.14. The van der Waals surface area contributed by atoms with Crippen molar-refractivity contribution in [3.63, 3.8) is 0 Å². The molecule has 0 amide bonds. The van der Waals surface area contributed by atoms with Crippen LogP contribution in [-0.4, -0.2) is 116 Å². The summed E-state index contributed by atoms with van der Waals surface area (Å²) in [6, 6.07) is 0. The summed E-state index contributed by atoms with van der Waals surface area (Å²) in [7, 11) is 0. The van der Waals surface area contributed by atoms with E-state index in [1.807, 2.05) is 0 Å². The highest BCUT2D eigenvalue weighted by atomic mass is 16.7. The number of esters is 4. The molecule has 0 saturated carbocycles. The van der Waals surface area contributed by atoms with Gasteiger partial charge < -0.3 is 47.8 Å². The second-order valence-corrected chi connectivity index (χ2v) is 11.0. The van der Waals surface area contributed by atoms with Crippen molar-refractivity contribution in [3.05, 3.63) is 0 Å². The number of Topliss-reactive ketones (excluding diaryl/α,β-unsaturated/α-hetero) is 1. The Morgan fingerprint density at radius 2 is 0.791 bits per heavy atom. The zero-order chi connectivity index (χ0) is 30.9. The van der Waals surface area contributed by atoms with Crippen LogP contribution in [0.4, 0.5) is 0 Å². The number of carbonyl (C=O) groups is 6. The van der Waals surface area contributed by atoms with Crippen LogP contribution in [0, 0.1) is 0 Å². The van der Waals surface area contributed by atoms with Gasteiger partial charge in [0.05, 0.1) is 26.4 Å². The minimum Gasteiger partial charge on any atom is -0.481 e. The lowest BCUT2D eigenvalue weighted by Gasteiger charge is -2.18. The third-order valence-corrected chi connectivity index (χ3v) is 7.50. The molecule has 0 aromatic rings. The van der Waals surface area contributed by atoms with Crippen LogP contribution in [0.2, 0.25) is 0 Å². The molecular weight excluding hydrogens is 576 g/mol. The third-order valence-electron chi connectivity index (χ3n) is 7.50. The third kappa shape index (κ3) is 9.42. The van der Waals surface area contributed by atoms with E-state index in [4.69, 9.17) is 43.0 Å². The van der Waals surface area contributed by atoms with Gasteiger partial charge in [-0.2, -0.15) is 0 Å². The Balaban J connectivity index is 1.09. The lowest BCUT2D eigenvalue weighted by atomic mass is 10.1. The van der Waals surface area contributed by atoms with Crippen LogP contribution in [0.3, 0.4) is 0 Å². The van der Waals surface area contributed by atoms with E-state index in [-0.39, 0.29) is 77.2 Å². The van der Waals surface area contributed by atoms with Crippen LogP contribution in [0.1, 0.15) is 64.7 Å². The monoisotopic (exact) mass is 614 g/mol. The molecule has 4 fully saturated rings. The van der Waals surface area contributed by atoms with Crippen LogP contribution in [0.25, 0.3) is 0 Å². The second kappa shape index (κ2) is 15.5. The summed E-state index contributed by atoms with van der Waals surface area (Å²) < 4.78 is 44.4. The van der Waals surface area contributed by atoms with Crippen LogP contribution in [0.5, 0.6) is 0 Å². The largest absolute Gasteiger partial charge is 0.481 e. The average Bonchev–Trinajstić information content (AvgIpc) is 3.70. The van der Waals surface area contributed by atoms with Gasteiger partial charge in [-0.3, -0.25) is 24.0 Å². The van der Waals surface area contributed by atoms with Crippen LogP contribution in [0.15, 0.2) is 0 Å². The molecule has 4 saturated heterocycles. The number of fused-ring (bicyclic) bond motifs is 2. The number of hydrogen-bond acceptors (Lipinski definition) is 14. The maximum Gasteiger partial charge on any atom is 0.306 e. The molecule has 0 spiro atoms. The predicted molar refractivity (Wildman–Crippen MR) is 138 cm³/mol. The molecule has 4 heterocycles. The van der Waals surface area contributed by atoms with Gasteiger partial charge in [0.15, 0.2) is 24.4 Å². The normalized spacial score (nSPS) is 30.7. The van der Waals surface area contributed by atoms with Crippen LogP contribution < -0.4 is 0 Å². The van der Waals surface area contributed by atoms with Crippen molar-refractivity contribution in [3.8, 4) is 0 Å². The van der Waals surface area contributed by atoms with Crippen LogP contribution >= 0.6 is 0 Å².